The third-order valence-electron chi connectivity index (χ3n) is 3.74. The van der Waals surface area contributed by atoms with Gasteiger partial charge in [-0.2, -0.15) is 0 Å². The Morgan fingerprint density at radius 1 is 1.04 bits per heavy atom. The van der Waals surface area contributed by atoms with Gasteiger partial charge in [-0.1, -0.05) is 30.3 Å². The maximum Gasteiger partial charge on any atom is 0.338 e. The van der Waals surface area contributed by atoms with Gasteiger partial charge in [0.25, 0.3) is 0 Å². The molecule has 0 aliphatic rings. The summed E-state index contributed by atoms with van der Waals surface area (Å²) in [6, 6.07) is 13.0. The van der Waals surface area contributed by atoms with E-state index in [4.69, 9.17) is 14.2 Å². The van der Waals surface area contributed by atoms with Gasteiger partial charge in [-0.25, -0.2) is 9.18 Å². The highest BCUT2D eigenvalue weighted by Crippen LogP contribution is 2.30. The van der Waals surface area contributed by atoms with Crippen molar-refractivity contribution in [3.05, 3.63) is 65.5 Å². The zero-order valence-corrected chi connectivity index (χ0v) is 15.5. The lowest BCUT2D eigenvalue weighted by Gasteiger charge is -2.14. The molecule has 27 heavy (non-hydrogen) atoms. The van der Waals surface area contributed by atoms with Crippen molar-refractivity contribution in [1.82, 2.24) is 0 Å². The number of carbonyl (C=O) groups excluding carboxylic acids is 2. The summed E-state index contributed by atoms with van der Waals surface area (Å²) in [6.07, 6.45) is -0.195. The molecule has 0 heterocycles. The van der Waals surface area contributed by atoms with E-state index in [1.54, 1.807) is 50.2 Å². The predicted octanol–water partition coefficient (Wildman–Crippen LogP) is 4.17. The van der Waals surface area contributed by atoms with Crippen molar-refractivity contribution in [3.63, 3.8) is 0 Å². The van der Waals surface area contributed by atoms with Crippen LogP contribution in [0.4, 0.5) is 4.39 Å². The fourth-order valence-corrected chi connectivity index (χ4v) is 2.54. The Bertz CT molecular complexity index is 843. The van der Waals surface area contributed by atoms with Crippen molar-refractivity contribution in [1.29, 1.82) is 0 Å². The molecular formula is C21H21FO5. The number of halogens is 1. The van der Waals surface area contributed by atoms with Gasteiger partial charge in [0.15, 0.2) is 11.6 Å². The molecule has 0 unspecified atom stereocenters. The number of esters is 2. The van der Waals surface area contributed by atoms with Crippen LogP contribution in [0.2, 0.25) is 0 Å². The highest BCUT2D eigenvalue weighted by atomic mass is 19.1. The minimum atomic E-state index is -0.713. The van der Waals surface area contributed by atoms with E-state index in [1.807, 2.05) is 0 Å². The Morgan fingerprint density at radius 3 is 2.37 bits per heavy atom. The van der Waals surface area contributed by atoms with Gasteiger partial charge in [0.1, 0.15) is 5.75 Å². The Morgan fingerprint density at radius 2 is 1.74 bits per heavy atom. The zero-order valence-electron chi connectivity index (χ0n) is 15.5. The number of hydrogen-bond acceptors (Lipinski definition) is 5. The van der Waals surface area contributed by atoms with Crippen LogP contribution in [0.3, 0.4) is 0 Å². The van der Waals surface area contributed by atoms with E-state index in [0.717, 1.165) is 0 Å². The lowest BCUT2D eigenvalue weighted by molar-refractivity contribution is -0.136. The second-order valence-electron chi connectivity index (χ2n) is 5.66. The molecule has 0 aliphatic heterocycles. The molecule has 0 N–H and O–H groups in total. The number of methoxy groups -OCH3 is 1. The molecule has 0 aromatic heterocycles. The molecule has 0 fully saturated rings. The first kappa shape index (κ1) is 20.2. The van der Waals surface area contributed by atoms with E-state index >= 15 is 0 Å². The number of carbonyl (C=O) groups is 2. The minimum Gasteiger partial charge on any atom is -0.494 e. The molecule has 2 aromatic carbocycles. The average Bonchev–Trinajstić information content (AvgIpc) is 2.64. The van der Waals surface area contributed by atoms with E-state index in [2.05, 4.69) is 0 Å². The molecule has 0 bridgehead atoms. The average molecular weight is 372 g/mol. The van der Waals surface area contributed by atoms with Crippen LogP contribution in [0.5, 0.6) is 11.5 Å². The van der Waals surface area contributed by atoms with Crippen molar-refractivity contribution in [2.75, 3.05) is 13.7 Å². The minimum absolute atomic E-state index is 0.00559. The highest BCUT2D eigenvalue weighted by molar-refractivity contribution is 6.18. The molecule has 6 heteroatoms. The van der Waals surface area contributed by atoms with E-state index in [0.29, 0.717) is 11.3 Å². The standard InChI is InChI=1S/C21H21FO5/c1-4-26-21(24)19(16-11-8-12-17(25-3)20(16)22)14(2)13-18(23)27-15-9-6-5-7-10-15/h5-12H,4,13H2,1-3H3/b19-14-. The largest absolute Gasteiger partial charge is 0.494 e. The summed E-state index contributed by atoms with van der Waals surface area (Å²) in [7, 11) is 1.33. The van der Waals surface area contributed by atoms with Crippen LogP contribution in [0.25, 0.3) is 5.57 Å². The molecule has 0 spiro atoms. The monoisotopic (exact) mass is 372 g/mol. The quantitative estimate of drug-likeness (QED) is 0.415. The molecule has 0 saturated heterocycles. The topological polar surface area (TPSA) is 61.8 Å². The first-order valence-electron chi connectivity index (χ1n) is 8.43. The highest BCUT2D eigenvalue weighted by Gasteiger charge is 2.23. The van der Waals surface area contributed by atoms with Gasteiger partial charge in [-0.15, -0.1) is 0 Å². The van der Waals surface area contributed by atoms with Gasteiger partial charge < -0.3 is 14.2 Å². The summed E-state index contributed by atoms with van der Waals surface area (Å²) in [4.78, 5) is 24.7. The lowest BCUT2D eigenvalue weighted by Crippen LogP contribution is -2.14. The van der Waals surface area contributed by atoms with Crippen LogP contribution in [0.1, 0.15) is 25.8 Å². The Kier molecular flexibility index (Phi) is 7.11. The summed E-state index contributed by atoms with van der Waals surface area (Å²) in [6.45, 7) is 3.34. The molecule has 2 rings (SSSR count). The predicted molar refractivity (Wildman–Crippen MR) is 98.9 cm³/mol. The SMILES string of the molecule is CCOC(=O)/C(=C(/C)CC(=O)Oc1ccccc1)c1cccc(OC)c1F. The molecule has 2 aromatic rings. The molecule has 0 amide bonds. The van der Waals surface area contributed by atoms with E-state index in [1.165, 1.54) is 19.2 Å². The second-order valence-corrected chi connectivity index (χ2v) is 5.66. The third kappa shape index (κ3) is 5.17. The molecular weight excluding hydrogens is 351 g/mol. The first-order valence-corrected chi connectivity index (χ1v) is 8.43. The Balaban J connectivity index is 2.37. The zero-order chi connectivity index (χ0) is 19.8. The van der Waals surface area contributed by atoms with Gasteiger partial charge in [0.05, 0.1) is 25.7 Å². The summed E-state index contributed by atoms with van der Waals surface area (Å²) in [5, 5.41) is 0. The Labute approximate surface area is 157 Å². The van der Waals surface area contributed by atoms with Gasteiger partial charge >= 0.3 is 11.9 Å². The van der Waals surface area contributed by atoms with Crippen LogP contribution in [-0.2, 0) is 14.3 Å². The number of rotatable bonds is 7. The van der Waals surface area contributed by atoms with E-state index < -0.39 is 17.8 Å². The molecule has 0 radical (unpaired) electrons. The second kappa shape index (κ2) is 9.52. The molecule has 0 saturated carbocycles. The van der Waals surface area contributed by atoms with Crippen LogP contribution >= 0.6 is 0 Å². The maximum atomic E-state index is 14.7. The van der Waals surface area contributed by atoms with E-state index in [9.17, 15) is 14.0 Å². The number of ether oxygens (including phenoxy) is 3. The third-order valence-corrected chi connectivity index (χ3v) is 3.74. The molecule has 5 nitrogen and oxygen atoms in total. The fourth-order valence-electron chi connectivity index (χ4n) is 2.54. The summed E-state index contributed by atoms with van der Waals surface area (Å²) in [5.41, 5.74) is 0.331. The van der Waals surface area contributed by atoms with Crippen LogP contribution in [0, 0.1) is 5.82 Å². The van der Waals surface area contributed by atoms with Crippen LogP contribution in [0.15, 0.2) is 54.1 Å². The normalized spacial score (nSPS) is 11.4. The van der Waals surface area contributed by atoms with Crippen molar-refractivity contribution in [2.24, 2.45) is 0 Å². The summed E-state index contributed by atoms with van der Waals surface area (Å²) in [5.74, 6) is -1.59. The van der Waals surface area contributed by atoms with E-state index in [-0.39, 0.29) is 29.9 Å². The smallest absolute Gasteiger partial charge is 0.338 e. The van der Waals surface area contributed by atoms with Gasteiger partial charge in [0.2, 0.25) is 0 Å². The van der Waals surface area contributed by atoms with Gasteiger partial charge in [-0.05, 0) is 37.6 Å². The number of para-hydroxylation sites is 1. The van der Waals surface area contributed by atoms with Crippen LogP contribution in [-0.4, -0.2) is 25.7 Å². The number of benzene rings is 2. The summed E-state index contributed by atoms with van der Waals surface area (Å²) >= 11 is 0. The van der Waals surface area contributed by atoms with Gasteiger partial charge in [0, 0.05) is 5.56 Å². The summed E-state index contributed by atoms with van der Waals surface area (Å²) < 4.78 is 30.0. The molecule has 0 aliphatic carbocycles. The first-order chi connectivity index (χ1) is 13.0. The molecule has 0 atom stereocenters. The molecule has 142 valence electrons. The lowest BCUT2D eigenvalue weighted by atomic mass is 9.98. The van der Waals surface area contributed by atoms with Crippen molar-refractivity contribution < 1.29 is 28.2 Å². The Hall–Kier alpha value is -3.15. The maximum absolute atomic E-state index is 14.7. The van der Waals surface area contributed by atoms with Crippen LogP contribution < -0.4 is 9.47 Å². The fraction of sp³-hybridized carbons (Fsp3) is 0.238. The van der Waals surface area contributed by atoms with Crippen molar-refractivity contribution in [2.45, 2.75) is 20.3 Å². The number of hydrogen-bond donors (Lipinski definition) is 0. The van der Waals surface area contributed by atoms with Crippen molar-refractivity contribution in [3.8, 4) is 11.5 Å². The van der Waals surface area contributed by atoms with Gasteiger partial charge in [-0.3, -0.25) is 4.79 Å². The van der Waals surface area contributed by atoms with Crippen molar-refractivity contribution >= 4 is 17.5 Å².